The van der Waals surface area contributed by atoms with Gasteiger partial charge in [-0.25, -0.2) is 0 Å². The number of amides is 1. The molecule has 109 valence electrons. The Morgan fingerprint density at radius 3 is 2.82 bits per heavy atom. The zero-order chi connectivity index (χ0) is 14.6. The average molecular weight is 367 g/mol. The zero-order valence-electron chi connectivity index (χ0n) is 12.7. The van der Waals surface area contributed by atoms with Crippen LogP contribution in [0, 0.1) is 13.0 Å². The molecule has 0 N–H and O–H groups in total. The number of likely N-dealkylation sites (N-methyl/N-ethyl adjacent to an activating group) is 1. The molecule has 2 atom stereocenters. The zero-order valence-corrected chi connectivity index (χ0v) is 15.5. The molecule has 22 heavy (non-hydrogen) atoms. The van der Waals surface area contributed by atoms with Crippen LogP contribution in [-0.2, 0) is 37.5 Å². The van der Waals surface area contributed by atoms with Crippen LogP contribution in [-0.4, -0.2) is 24.4 Å². The molecular weight excluding hydrogens is 351 g/mol. The Morgan fingerprint density at radius 1 is 1.23 bits per heavy atom. The van der Waals surface area contributed by atoms with E-state index in [1.165, 1.54) is 5.56 Å². The summed E-state index contributed by atoms with van der Waals surface area (Å²) in [6, 6.07) is 14.9. The van der Waals surface area contributed by atoms with Gasteiger partial charge in [-0.05, 0) is 18.6 Å². The van der Waals surface area contributed by atoms with Gasteiger partial charge in [-0.2, -0.15) is 18.2 Å². The number of fused-ring (bicyclic) bond motifs is 5. The van der Waals surface area contributed by atoms with Gasteiger partial charge in [-0.1, -0.05) is 17.7 Å². The van der Waals surface area contributed by atoms with E-state index >= 15 is 0 Å². The molecule has 2 aliphatic rings. The van der Waals surface area contributed by atoms with E-state index in [0.717, 1.165) is 29.2 Å². The largest absolute Gasteiger partial charge is 0.482 e. The van der Waals surface area contributed by atoms with Crippen LogP contribution in [0.25, 0.3) is 0 Å². The van der Waals surface area contributed by atoms with Crippen molar-refractivity contribution < 1.29 is 42.2 Å². The minimum atomic E-state index is -0.162. The number of benzene rings is 2. The molecule has 4 rings (SSSR count). The van der Waals surface area contributed by atoms with Crippen molar-refractivity contribution in [3.05, 3.63) is 59.2 Å². The SMILES string of the molecule is Cc1ccc2c(c1)C1CN(C)C(=O)C1c1c[c-]ccc1O2.[Y]. The number of likely N-dealkylation sites (tertiary alicyclic amines) is 1. The number of ether oxygens (including phenoxy) is 1. The molecule has 4 heteroatoms. The van der Waals surface area contributed by atoms with Gasteiger partial charge in [0.1, 0.15) is 5.75 Å². The fourth-order valence-electron chi connectivity index (χ4n) is 3.46. The third-order valence-electron chi connectivity index (χ3n) is 4.49. The molecule has 1 amide bonds. The number of nitrogens with zero attached hydrogens (tertiary/aromatic N) is 1. The van der Waals surface area contributed by atoms with E-state index in [1.54, 1.807) is 0 Å². The maximum Gasteiger partial charge on any atom is 0.219 e. The van der Waals surface area contributed by atoms with Gasteiger partial charge >= 0.3 is 0 Å². The maximum absolute atomic E-state index is 12.6. The second kappa shape index (κ2) is 5.79. The summed E-state index contributed by atoms with van der Waals surface area (Å²) in [5.41, 5.74) is 3.27. The Kier molecular flexibility index (Phi) is 4.13. The van der Waals surface area contributed by atoms with Crippen molar-refractivity contribution in [3.63, 3.8) is 0 Å². The van der Waals surface area contributed by atoms with Gasteiger partial charge in [0.15, 0.2) is 0 Å². The van der Waals surface area contributed by atoms with Crippen LogP contribution in [0.1, 0.15) is 28.5 Å². The minimum absolute atomic E-state index is 0. The van der Waals surface area contributed by atoms with Crippen molar-refractivity contribution in [1.82, 2.24) is 4.90 Å². The molecule has 2 aromatic carbocycles. The normalized spacial score (nSPS) is 21.9. The third kappa shape index (κ3) is 2.31. The van der Waals surface area contributed by atoms with Gasteiger partial charge < -0.3 is 9.64 Å². The van der Waals surface area contributed by atoms with Crippen LogP contribution in [0.5, 0.6) is 11.5 Å². The summed E-state index contributed by atoms with van der Waals surface area (Å²) >= 11 is 0. The second-order valence-electron chi connectivity index (χ2n) is 5.91. The average Bonchev–Trinajstić information content (AvgIpc) is 2.70. The van der Waals surface area contributed by atoms with Gasteiger partial charge in [0, 0.05) is 63.9 Å². The van der Waals surface area contributed by atoms with Crippen molar-refractivity contribution in [3.8, 4) is 11.5 Å². The Morgan fingerprint density at radius 2 is 2.00 bits per heavy atom. The summed E-state index contributed by atoms with van der Waals surface area (Å²) in [5.74, 6) is 1.79. The molecule has 0 aromatic heterocycles. The van der Waals surface area contributed by atoms with E-state index in [0.29, 0.717) is 0 Å². The summed E-state index contributed by atoms with van der Waals surface area (Å²) in [6.45, 7) is 2.80. The topological polar surface area (TPSA) is 29.5 Å². The maximum atomic E-state index is 12.6. The first-order chi connectivity index (χ1) is 10.1. The van der Waals surface area contributed by atoms with Crippen molar-refractivity contribution in [2.45, 2.75) is 18.8 Å². The molecular formula is C18H16NO2Y-. The monoisotopic (exact) mass is 367 g/mol. The number of carbonyl (C=O) groups excluding carboxylic acids is 1. The summed E-state index contributed by atoms with van der Waals surface area (Å²) in [6.07, 6.45) is 0. The van der Waals surface area contributed by atoms with Crippen LogP contribution in [0.3, 0.4) is 0 Å². The van der Waals surface area contributed by atoms with E-state index in [-0.39, 0.29) is 50.5 Å². The number of aryl methyl sites for hydroxylation is 1. The number of rotatable bonds is 0. The first kappa shape index (κ1) is 15.7. The van der Waals surface area contributed by atoms with E-state index < -0.39 is 0 Å². The van der Waals surface area contributed by atoms with Crippen molar-refractivity contribution in [2.24, 2.45) is 0 Å². The predicted molar refractivity (Wildman–Crippen MR) is 79.7 cm³/mol. The van der Waals surface area contributed by atoms with Crippen LogP contribution in [0.2, 0.25) is 0 Å². The van der Waals surface area contributed by atoms with Crippen LogP contribution < -0.4 is 4.74 Å². The quantitative estimate of drug-likeness (QED) is 0.669. The fraction of sp³-hybridized carbons (Fsp3) is 0.278. The van der Waals surface area contributed by atoms with Gasteiger partial charge in [0.05, 0.1) is 0 Å². The standard InChI is InChI=1S/C18H16NO2.Y/c1-11-7-8-16-13(9-11)14-10-19(2)18(20)17(14)12-5-3-4-6-15(12)21-16;/h4-9,14,17H,10H2,1-2H3;/q-1;. The second-order valence-corrected chi connectivity index (χ2v) is 5.91. The number of hydrogen-bond donors (Lipinski definition) is 0. The third-order valence-corrected chi connectivity index (χ3v) is 4.49. The molecule has 2 heterocycles. The molecule has 2 aromatic rings. The van der Waals surface area contributed by atoms with E-state index in [9.17, 15) is 4.79 Å². The summed E-state index contributed by atoms with van der Waals surface area (Å²) in [4.78, 5) is 14.4. The Balaban J connectivity index is 0.00000144. The molecule has 1 saturated heterocycles. The molecule has 1 fully saturated rings. The van der Waals surface area contributed by atoms with Gasteiger partial charge in [0.2, 0.25) is 5.91 Å². The van der Waals surface area contributed by atoms with Crippen LogP contribution in [0.4, 0.5) is 0 Å². The Labute approximate surface area is 155 Å². The summed E-state index contributed by atoms with van der Waals surface area (Å²) in [7, 11) is 1.87. The Hall–Kier alpha value is -1.19. The summed E-state index contributed by atoms with van der Waals surface area (Å²) < 4.78 is 6.09. The van der Waals surface area contributed by atoms with Crippen molar-refractivity contribution in [2.75, 3.05) is 13.6 Å². The van der Waals surface area contributed by atoms with Gasteiger partial charge in [-0.15, -0.1) is 11.6 Å². The first-order valence-corrected chi connectivity index (χ1v) is 7.18. The molecule has 2 unspecified atom stereocenters. The molecule has 1 radical (unpaired) electrons. The van der Waals surface area contributed by atoms with E-state index in [2.05, 4.69) is 19.1 Å². The summed E-state index contributed by atoms with van der Waals surface area (Å²) in [5, 5.41) is 0. The number of hydrogen-bond acceptors (Lipinski definition) is 2. The van der Waals surface area contributed by atoms with E-state index in [1.807, 2.05) is 42.3 Å². The van der Waals surface area contributed by atoms with Gasteiger partial charge in [0.25, 0.3) is 0 Å². The smallest absolute Gasteiger partial charge is 0.219 e. The van der Waals surface area contributed by atoms with Crippen LogP contribution in [0.15, 0.2) is 36.4 Å². The predicted octanol–water partition coefficient (Wildman–Crippen LogP) is 3.24. The minimum Gasteiger partial charge on any atom is -0.482 e. The first-order valence-electron chi connectivity index (χ1n) is 7.18. The Bertz CT molecular complexity index is 744. The van der Waals surface area contributed by atoms with Crippen molar-refractivity contribution >= 4 is 5.91 Å². The van der Waals surface area contributed by atoms with Crippen molar-refractivity contribution in [1.29, 1.82) is 0 Å². The molecule has 0 spiro atoms. The molecule has 0 aliphatic carbocycles. The van der Waals surface area contributed by atoms with Crippen LogP contribution >= 0.6 is 0 Å². The number of carbonyl (C=O) groups is 1. The van der Waals surface area contributed by atoms with Gasteiger partial charge in [-0.3, -0.25) is 4.79 Å². The molecule has 0 bridgehead atoms. The molecule has 0 saturated carbocycles. The molecule has 2 aliphatic heterocycles. The van der Waals surface area contributed by atoms with E-state index in [4.69, 9.17) is 4.74 Å². The molecule has 3 nitrogen and oxygen atoms in total. The fourth-order valence-corrected chi connectivity index (χ4v) is 3.46.